The summed E-state index contributed by atoms with van der Waals surface area (Å²) in [6, 6.07) is 43.6. The molecule has 0 radical (unpaired) electrons. The molecule has 0 unspecified atom stereocenters. The smallest absolute Gasteiger partial charge is 0.0619 e. The molecule has 6 aromatic carbocycles. The zero-order valence-corrected chi connectivity index (χ0v) is 20.0. The van der Waals surface area contributed by atoms with Gasteiger partial charge in [-0.2, -0.15) is 0 Å². The Labute approximate surface area is 206 Å². The van der Waals surface area contributed by atoms with Crippen LogP contribution in [0.1, 0.15) is 0 Å². The number of hydrogen-bond donors (Lipinski definition) is 0. The number of halogens is 1. The molecule has 0 aliphatic heterocycles. The highest BCUT2D eigenvalue weighted by Crippen LogP contribution is 2.45. The predicted molar refractivity (Wildman–Crippen MR) is 149 cm³/mol. The summed E-state index contributed by atoms with van der Waals surface area (Å²) in [5.74, 6) is 0. The summed E-state index contributed by atoms with van der Waals surface area (Å²) in [5, 5.41) is 7.52. The molecular formula is C32H20BrN. The van der Waals surface area contributed by atoms with Gasteiger partial charge in [-0.05, 0) is 61.2 Å². The second-order valence-electron chi connectivity index (χ2n) is 8.67. The number of aromatic nitrogens is 1. The van der Waals surface area contributed by atoms with Crippen LogP contribution in [0.4, 0.5) is 0 Å². The Morgan fingerprint density at radius 2 is 0.971 bits per heavy atom. The maximum Gasteiger partial charge on any atom is 0.0619 e. The van der Waals surface area contributed by atoms with Crippen LogP contribution < -0.4 is 0 Å². The fourth-order valence-corrected chi connectivity index (χ4v) is 6.12. The van der Waals surface area contributed by atoms with Crippen LogP contribution in [0.15, 0.2) is 126 Å². The van der Waals surface area contributed by atoms with Crippen molar-refractivity contribution >= 4 is 59.3 Å². The van der Waals surface area contributed by atoms with Gasteiger partial charge in [0.1, 0.15) is 0 Å². The first-order valence-corrected chi connectivity index (χ1v) is 12.3. The van der Waals surface area contributed by atoms with E-state index < -0.39 is 0 Å². The molecule has 1 aromatic heterocycles. The van der Waals surface area contributed by atoms with Crippen molar-refractivity contribution in [1.82, 2.24) is 4.57 Å². The lowest BCUT2D eigenvalue weighted by Crippen LogP contribution is -1.96. The molecule has 1 nitrogen and oxygen atoms in total. The van der Waals surface area contributed by atoms with E-state index in [0.717, 1.165) is 4.47 Å². The van der Waals surface area contributed by atoms with Crippen LogP contribution in [0.25, 0.3) is 60.2 Å². The van der Waals surface area contributed by atoms with Crippen molar-refractivity contribution in [2.45, 2.75) is 0 Å². The van der Waals surface area contributed by atoms with Crippen molar-refractivity contribution in [3.05, 3.63) is 126 Å². The topological polar surface area (TPSA) is 4.93 Å². The first kappa shape index (κ1) is 19.6. The van der Waals surface area contributed by atoms with Crippen LogP contribution in [0, 0.1) is 0 Å². The molecule has 0 saturated heterocycles. The molecule has 34 heavy (non-hydrogen) atoms. The Balaban J connectivity index is 1.75. The largest absolute Gasteiger partial charge is 0.309 e. The minimum atomic E-state index is 1.15. The minimum absolute atomic E-state index is 1.15. The van der Waals surface area contributed by atoms with Gasteiger partial charge < -0.3 is 4.57 Å². The number of hydrogen-bond acceptors (Lipinski definition) is 0. The quantitative estimate of drug-likeness (QED) is 0.209. The van der Waals surface area contributed by atoms with Gasteiger partial charge in [0.2, 0.25) is 0 Å². The highest BCUT2D eigenvalue weighted by molar-refractivity contribution is 9.10. The Hall–Kier alpha value is -3.88. The Morgan fingerprint density at radius 1 is 0.441 bits per heavy atom. The number of benzene rings is 6. The number of fused-ring (bicyclic) bond motifs is 5. The average molecular weight is 498 g/mol. The third kappa shape index (κ3) is 2.72. The molecule has 0 aliphatic carbocycles. The number of para-hydroxylation sites is 3. The fourth-order valence-electron chi connectivity index (χ4n) is 5.43. The van der Waals surface area contributed by atoms with Crippen molar-refractivity contribution in [3.8, 4) is 16.8 Å². The van der Waals surface area contributed by atoms with Gasteiger partial charge in [0, 0.05) is 26.5 Å². The summed E-state index contributed by atoms with van der Waals surface area (Å²) in [6.07, 6.45) is 0. The summed E-state index contributed by atoms with van der Waals surface area (Å²) in [4.78, 5) is 0. The lowest BCUT2D eigenvalue weighted by molar-refractivity contribution is 1.18. The van der Waals surface area contributed by atoms with Gasteiger partial charge in [-0.25, -0.2) is 0 Å². The van der Waals surface area contributed by atoms with Crippen LogP contribution >= 0.6 is 15.9 Å². The maximum atomic E-state index is 3.91. The first-order valence-electron chi connectivity index (χ1n) is 11.5. The van der Waals surface area contributed by atoms with E-state index in [2.05, 4.69) is 142 Å². The third-order valence-corrected chi connectivity index (χ3v) is 7.70. The molecule has 7 rings (SSSR count). The van der Waals surface area contributed by atoms with Crippen LogP contribution in [0.5, 0.6) is 0 Å². The van der Waals surface area contributed by atoms with Gasteiger partial charge in [0.05, 0.1) is 11.0 Å². The Bertz CT molecular complexity index is 1800. The van der Waals surface area contributed by atoms with Gasteiger partial charge in [0.25, 0.3) is 0 Å². The van der Waals surface area contributed by atoms with Crippen LogP contribution in [0.2, 0.25) is 0 Å². The van der Waals surface area contributed by atoms with Crippen molar-refractivity contribution < 1.29 is 0 Å². The van der Waals surface area contributed by atoms with Crippen molar-refractivity contribution in [2.75, 3.05) is 0 Å². The van der Waals surface area contributed by atoms with E-state index in [1.54, 1.807) is 0 Å². The molecule has 0 spiro atoms. The molecule has 1 heterocycles. The van der Waals surface area contributed by atoms with E-state index in [-0.39, 0.29) is 0 Å². The van der Waals surface area contributed by atoms with Crippen LogP contribution in [-0.4, -0.2) is 4.57 Å². The van der Waals surface area contributed by atoms with E-state index in [1.165, 1.54) is 60.2 Å². The summed E-state index contributed by atoms with van der Waals surface area (Å²) < 4.78 is 3.57. The van der Waals surface area contributed by atoms with Crippen LogP contribution in [-0.2, 0) is 0 Å². The van der Waals surface area contributed by atoms with E-state index in [4.69, 9.17) is 0 Å². The van der Waals surface area contributed by atoms with Gasteiger partial charge in [-0.3, -0.25) is 0 Å². The van der Waals surface area contributed by atoms with E-state index in [0.29, 0.717) is 0 Å². The molecular weight excluding hydrogens is 478 g/mol. The Morgan fingerprint density at radius 3 is 1.65 bits per heavy atom. The summed E-state index contributed by atoms with van der Waals surface area (Å²) in [6.45, 7) is 0. The second kappa shape index (κ2) is 7.58. The molecule has 0 bridgehead atoms. The fraction of sp³-hybridized carbons (Fsp3) is 0. The van der Waals surface area contributed by atoms with Gasteiger partial charge in [0.15, 0.2) is 0 Å². The maximum absolute atomic E-state index is 3.91. The van der Waals surface area contributed by atoms with Gasteiger partial charge in [-0.1, -0.05) is 103 Å². The lowest BCUT2D eigenvalue weighted by atomic mass is 9.91. The Kier molecular flexibility index (Phi) is 4.36. The molecule has 0 fully saturated rings. The standard InChI is InChI=1S/C32H20BrN/c33-31-25-16-6-4-14-23(25)30(24-15-5-7-17-26(24)31)28-19-10-18-27-22-13-8-9-20-29(22)34(32(27)28)21-11-2-1-3-12-21/h1-20H. The number of nitrogens with zero attached hydrogens (tertiary/aromatic N) is 1. The summed E-state index contributed by atoms with van der Waals surface area (Å²) in [5.41, 5.74) is 6.17. The molecule has 0 amide bonds. The molecule has 7 aromatic rings. The molecule has 2 heteroatoms. The van der Waals surface area contributed by atoms with E-state index in [1.807, 2.05) is 0 Å². The molecule has 0 saturated carbocycles. The van der Waals surface area contributed by atoms with Gasteiger partial charge in [-0.15, -0.1) is 0 Å². The number of rotatable bonds is 2. The van der Waals surface area contributed by atoms with Crippen molar-refractivity contribution in [2.24, 2.45) is 0 Å². The normalized spacial score (nSPS) is 11.7. The summed E-state index contributed by atoms with van der Waals surface area (Å²) in [7, 11) is 0. The highest BCUT2D eigenvalue weighted by Gasteiger charge is 2.20. The minimum Gasteiger partial charge on any atom is -0.309 e. The lowest BCUT2D eigenvalue weighted by Gasteiger charge is -2.17. The molecule has 160 valence electrons. The molecule has 0 N–H and O–H groups in total. The zero-order valence-electron chi connectivity index (χ0n) is 18.4. The van der Waals surface area contributed by atoms with Gasteiger partial charge >= 0.3 is 0 Å². The van der Waals surface area contributed by atoms with E-state index >= 15 is 0 Å². The monoisotopic (exact) mass is 497 g/mol. The highest BCUT2D eigenvalue weighted by atomic mass is 79.9. The molecule has 0 atom stereocenters. The predicted octanol–water partition coefficient (Wildman–Crippen LogP) is 9.52. The zero-order chi connectivity index (χ0) is 22.6. The SMILES string of the molecule is Brc1c2ccccc2c(-c2cccc3c4ccccc4n(-c4ccccc4)c23)c2ccccc12. The first-order chi connectivity index (χ1) is 16.8. The van der Waals surface area contributed by atoms with Crippen molar-refractivity contribution in [3.63, 3.8) is 0 Å². The average Bonchev–Trinajstić information content (AvgIpc) is 3.25. The van der Waals surface area contributed by atoms with Crippen molar-refractivity contribution in [1.29, 1.82) is 0 Å². The second-order valence-corrected chi connectivity index (χ2v) is 9.46. The van der Waals surface area contributed by atoms with Crippen LogP contribution in [0.3, 0.4) is 0 Å². The van der Waals surface area contributed by atoms with E-state index in [9.17, 15) is 0 Å². The molecule has 0 aliphatic rings. The summed E-state index contributed by atoms with van der Waals surface area (Å²) >= 11 is 3.91. The third-order valence-electron chi connectivity index (χ3n) is 6.84.